The van der Waals surface area contributed by atoms with Crippen LogP contribution in [0.5, 0.6) is 5.75 Å². The molecule has 5 nitrogen and oxygen atoms in total. The molecule has 0 amide bonds. The number of ether oxygens (including phenoxy) is 2. The molecular formula is C30H37F3N2O3. The first-order valence-corrected chi connectivity index (χ1v) is 13.3. The van der Waals surface area contributed by atoms with Crippen LogP contribution in [-0.4, -0.2) is 43.5 Å². The van der Waals surface area contributed by atoms with Crippen molar-refractivity contribution in [2.45, 2.75) is 71.0 Å². The van der Waals surface area contributed by atoms with Crippen LogP contribution in [-0.2, 0) is 28.6 Å². The van der Waals surface area contributed by atoms with E-state index in [-0.39, 0.29) is 30.3 Å². The third-order valence-corrected chi connectivity index (χ3v) is 7.51. The summed E-state index contributed by atoms with van der Waals surface area (Å²) >= 11 is 0. The number of carbonyl (C=O) groups is 1. The maximum atomic E-state index is 13.9. The van der Waals surface area contributed by atoms with Gasteiger partial charge in [0.15, 0.2) is 6.73 Å². The van der Waals surface area contributed by atoms with E-state index in [1.165, 1.54) is 7.11 Å². The molecule has 2 aromatic carbocycles. The van der Waals surface area contributed by atoms with E-state index in [9.17, 15) is 18.0 Å². The summed E-state index contributed by atoms with van der Waals surface area (Å²) < 4.78 is 69.3. The summed E-state index contributed by atoms with van der Waals surface area (Å²) in [7, 11) is 1.33. The summed E-state index contributed by atoms with van der Waals surface area (Å²) in [6.07, 6.45) is 0.667. The summed E-state index contributed by atoms with van der Waals surface area (Å²) in [6.45, 7) is 2.42. The van der Waals surface area contributed by atoms with Gasteiger partial charge in [0.1, 0.15) is 5.75 Å². The molecule has 1 aliphatic carbocycles. The van der Waals surface area contributed by atoms with Gasteiger partial charge in [-0.3, -0.25) is 14.7 Å². The van der Waals surface area contributed by atoms with Crippen molar-refractivity contribution in [2.24, 2.45) is 10.9 Å². The lowest BCUT2D eigenvalue weighted by Gasteiger charge is -2.37. The maximum Gasteiger partial charge on any atom is 0.416 e. The number of nitrogens with zero attached hydrogens (tertiary/aromatic N) is 2. The van der Waals surface area contributed by atoms with Crippen LogP contribution in [0.4, 0.5) is 13.2 Å². The smallest absolute Gasteiger partial charge is 0.416 e. The van der Waals surface area contributed by atoms with Gasteiger partial charge >= 0.3 is 12.1 Å². The molecule has 8 heteroatoms. The first kappa shape index (κ1) is 25.4. The molecule has 38 heavy (non-hydrogen) atoms. The van der Waals surface area contributed by atoms with Crippen molar-refractivity contribution in [3.05, 3.63) is 64.2 Å². The Morgan fingerprint density at radius 1 is 1.11 bits per heavy atom. The number of methoxy groups -OCH3 is 1. The van der Waals surface area contributed by atoms with E-state index in [2.05, 4.69) is 4.99 Å². The number of esters is 1. The van der Waals surface area contributed by atoms with Crippen LogP contribution in [0.1, 0.15) is 82.4 Å². The zero-order valence-corrected chi connectivity index (χ0v) is 22.2. The largest absolute Gasteiger partial charge is 0.471 e. The number of benzene rings is 2. The van der Waals surface area contributed by atoms with Crippen molar-refractivity contribution < 1.29 is 30.2 Å². The van der Waals surface area contributed by atoms with Gasteiger partial charge in [-0.15, -0.1) is 0 Å². The molecule has 2 fully saturated rings. The van der Waals surface area contributed by atoms with Crippen LogP contribution in [0.3, 0.4) is 0 Å². The lowest BCUT2D eigenvalue weighted by atomic mass is 9.82. The average molecular weight is 533 g/mol. The van der Waals surface area contributed by atoms with Crippen LogP contribution in [0, 0.1) is 5.92 Å². The van der Waals surface area contributed by atoms with E-state index in [1.54, 1.807) is 36.1 Å². The molecule has 1 saturated heterocycles. The Labute approximate surface area is 225 Å². The normalized spacial score (nSPS) is 18.9. The Hall–Kier alpha value is -2.87. The van der Waals surface area contributed by atoms with E-state index in [0.717, 1.165) is 49.3 Å². The molecule has 206 valence electrons. The van der Waals surface area contributed by atoms with Crippen molar-refractivity contribution in [2.75, 3.05) is 26.9 Å². The number of aliphatic imine (C=N–C) groups is 1. The SMILES string of the molecule is [2H]C([2H])(c1ccc(C(C)=NCOc2ccc(C3CCCCC3)c(C(F)(F)F)c2)cc1CC)N1CC(C(=O)OC)C1. The van der Waals surface area contributed by atoms with Crippen molar-refractivity contribution >= 4 is 11.7 Å². The first-order valence-electron chi connectivity index (χ1n) is 14.3. The van der Waals surface area contributed by atoms with Gasteiger partial charge in [0, 0.05) is 28.0 Å². The Balaban J connectivity index is 1.45. The Bertz CT molecular complexity index is 1240. The number of rotatable bonds is 9. The number of hydrogen-bond donors (Lipinski definition) is 0. The molecule has 2 aliphatic rings. The third kappa shape index (κ3) is 6.76. The molecular weight excluding hydrogens is 493 g/mol. The predicted molar refractivity (Wildman–Crippen MR) is 142 cm³/mol. The van der Waals surface area contributed by atoms with E-state index in [1.807, 2.05) is 13.0 Å². The highest BCUT2D eigenvalue weighted by Gasteiger charge is 2.36. The number of aryl methyl sites for hydroxylation is 1. The molecule has 2 aromatic rings. The summed E-state index contributed by atoms with van der Waals surface area (Å²) in [6, 6.07) is 9.63. The number of likely N-dealkylation sites (tertiary alicyclic amines) is 1. The molecule has 0 unspecified atom stereocenters. The summed E-state index contributed by atoms with van der Waals surface area (Å²) in [4.78, 5) is 17.8. The molecule has 0 atom stereocenters. The molecule has 0 bridgehead atoms. The van der Waals surface area contributed by atoms with Gasteiger partial charge in [-0.2, -0.15) is 13.2 Å². The highest BCUT2D eigenvalue weighted by Crippen LogP contribution is 2.42. The van der Waals surface area contributed by atoms with Crippen molar-refractivity contribution in [3.63, 3.8) is 0 Å². The molecule has 1 heterocycles. The minimum Gasteiger partial charge on any atom is -0.471 e. The minimum absolute atomic E-state index is 0.0723. The van der Waals surface area contributed by atoms with Crippen molar-refractivity contribution in [1.82, 2.24) is 4.90 Å². The van der Waals surface area contributed by atoms with Gasteiger partial charge in [-0.1, -0.05) is 44.4 Å². The van der Waals surface area contributed by atoms with E-state index < -0.39 is 18.2 Å². The lowest BCUT2D eigenvalue weighted by Crippen LogP contribution is -2.50. The van der Waals surface area contributed by atoms with Crippen LogP contribution in [0.15, 0.2) is 41.4 Å². The molecule has 1 aliphatic heterocycles. The van der Waals surface area contributed by atoms with Crippen molar-refractivity contribution in [3.8, 4) is 5.75 Å². The van der Waals surface area contributed by atoms with Gasteiger partial charge < -0.3 is 9.47 Å². The average Bonchev–Trinajstić information content (AvgIpc) is 2.91. The standard InChI is InChI=1S/C30H37F3N2O3/c1-4-21-14-23(10-11-24(21)16-35-17-25(18-35)29(36)37-3)20(2)34-19-38-26-12-13-27(22-8-6-5-7-9-22)28(15-26)30(31,32)33/h10-15,22,25H,4-9,16-19H2,1-3H3/i16D2. The van der Waals surface area contributed by atoms with E-state index >= 15 is 0 Å². The summed E-state index contributed by atoms with van der Waals surface area (Å²) in [5.41, 5.74) is 2.48. The molecule has 0 aromatic heterocycles. The third-order valence-electron chi connectivity index (χ3n) is 7.51. The highest BCUT2D eigenvalue weighted by atomic mass is 19.4. The lowest BCUT2D eigenvalue weighted by molar-refractivity contribution is -0.151. The quantitative estimate of drug-likeness (QED) is 0.264. The number of carbonyl (C=O) groups excluding carboxylic acids is 1. The molecule has 0 spiro atoms. The van der Waals surface area contributed by atoms with Gasteiger partial charge in [-0.25, -0.2) is 0 Å². The fourth-order valence-corrected chi connectivity index (χ4v) is 5.21. The molecule has 1 saturated carbocycles. The number of halogens is 3. The topological polar surface area (TPSA) is 51.1 Å². The monoisotopic (exact) mass is 532 g/mol. The van der Waals surface area contributed by atoms with Crippen LogP contribution >= 0.6 is 0 Å². The summed E-state index contributed by atoms with van der Waals surface area (Å²) in [5, 5.41) is 0. The second kappa shape index (κ2) is 12.3. The van der Waals surface area contributed by atoms with Crippen LogP contribution in [0.25, 0.3) is 0 Å². The Kier molecular flexibility index (Phi) is 8.24. The van der Waals surface area contributed by atoms with Gasteiger partial charge in [0.05, 0.1) is 18.6 Å². The number of hydrogen-bond acceptors (Lipinski definition) is 5. The van der Waals surface area contributed by atoms with Crippen molar-refractivity contribution in [1.29, 1.82) is 0 Å². The molecule has 0 N–H and O–H groups in total. The van der Waals surface area contributed by atoms with E-state index in [4.69, 9.17) is 12.2 Å². The zero-order chi connectivity index (χ0) is 29.1. The Morgan fingerprint density at radius 3 is 2.50 bits per heavy atom. The fourth-order valence-electron chi connectivity index (χ4n) is 5.21. The predicted octanol–water partition coefficient (Wildman–Crippen LogP) is 6.77. The van der Waals surface area contributed by atoms with Gasteiger partial charge in [0.2, 0.25) is 0 Å². The second-order valence-electron chi connectivity index (χ2n) is 10.1. The van der Waals surface area contributed by atoms with E-state index in [0.29, 0.717) is 36.3 Å². The second-order valence-corrected chi connectivity index (χ2v) is 10.1. The summed E-state index contributed by atoms with van der Waals surface area (Å²) in [5.74, 6) is -0.602. The zero-order valence-electron chi connectivity index (χ0n) is 24.2. The Morgan fingerprint density at radius 2 is 1.84 bits per heavy atom. The van der Waals surface area contributed by atoms with Gasteiger partial charge in [0.25, 0.3) is 0 Å². The maximum absolute atomic E-state index is 13.9. The van der Waals surface area contributed by atoms with Crippen LogP contribution in [0.2, 0.25) is 0 Å². The first-order chi connectivity index (χ1) is 19.0. The molecule has 4 rings (SSSR count). The fraction of sp³-hybridized carbons (Fsp3) is 0.533. The highest BCUT2D eigenvalue weighted by molar-refractivity contribution is 5.98. The molecule has 0 radical (unpaired) electrons. The van der Waals surface area contributed by atoms with Crippen LogP contribution < -0.4 is 4.74 Å². The van der Waals surface area contributed by atoms with Gasteiger partial charge in [-0.05, 0) is 72.6 Å². The number of alkyl halides is 3. The minimum atomic E-state index is -4.45.